The van der Waals surface area contributed by atoms with Crippen molar-refractivity contribution >= 4 is 21.8 Å². The van der Waals surface area contributed by atoms with Gasteiger partial charge in [-0.1, -0.05) is 0 Å². The SMILES string of the molecule is NCCOc1ccc(S(=O)(=O)NC2CCCSC2)cc1. The zero-order valence-electron chi connectivity index (χ0n) is 11.2. The topological polar surface area (TPSA) is 81.4 Å². The van der Waals surface area contributed by atoms with E-state index >= 15 is 0 Å². The molecule has 112 valence electrons. The number of thioether (sulfide) groups is 1. The Balaban J connectivity index is 2.01. The molecule has 1 unspecified atom stereocenters. The van der Waals surface area contributed by atoms with E-state index in [9.17, 15) is 8.42 Å². The third kappa shape index (κ3) is 4.37. The maximum Gasteiger partial charge on any atom is 0.240 e. The van der Waals surface area contributed by atoms with Crippen LogP contribution in [0.15, 0.2) is 29.2 Å². The third-order valence-electron chi connectivity index (χ3n) is 3.00. The highest BCUT2D eigenvalue weighted by Gasteiger charge is 2.21. The summed E-state index contributed by atoms with van der Waals surface area (Å²) in [7, 11) is -3.44. The molecule has 20 heavy (non-hydrogen) atoms. The molecule has 0 amide bonds. The van der Waals surface area contributed by atoms with Gasteiger partial charge in [0, 0.05) is 18.3 Å². The zero-order chi connectivity index (χ0) is 14.4. The van der Waals surface area contributed by atoms with Crippen molar-refractivity contribution in [3.63, 3.8) is 0 Å². The molecule has 7 heteroatoms. The summed E-state index contributed by atoms with van der Waals surface area (Å²) in [6.07, 6.45) is 1.97. The second kappa shape index (κ2) is 7.31. The second-order valence-electron chi connectivity index (χ2n) is 4.64. The minimum atomic E-state index is -3.44. The number of rotatable bonds is 6. The fraction of sp³-hybridized carbons (Fsp3) is 0.538. The molecule has 3 N–H and O–H groups in total. The number of hydrogen-bond acceptors (Lipinski definition) is 5. The van der Waals surface area contributed by atoms with Crippen LogP contribution in [0, 0.1) is 0 Å². The van der Waals surface area contributed by atoms with Crippen molar-refractivity contribution < 1.29 is 13.2 Å². The van der Waals surface area contributed by atoms with Crippen molar-refractivity contribution in [1.82, 2.24) is 4.72 Å². The van der Waals surface area contributed by atoms with Crippen LogP contribution in [0.3, 0.4) is 0 Å². The first kappa shape index (κ1) is 15.6. The largest absolute Gasteiger partial charge is 0.492 e. The molecule has 1 fully saturated rings. The van der Waals surface area contributed by atoms with Gasteiger partial charge < -0.3 is 10.5 Å². The summed E-state index contributed by atoms with van der Waals surface area (Å²) in [5, 5.41) is 0. The number of hydrogen-bond donors (Lipinski definition) is 2. The lowest BCUT2D eigenvalue weighted by Gasteiger charge is -2.22. The molecule has 0 bridgehead atoms. The average molecular weight is 316 g/mol. The maximum atomic E-state index is 12.2. The summed E-state index contributed by atoms with van der Waals surface area (Å²) in [6, 6.07) is 6.46. The molecule has 0 aliphatic carbocycles. The normalized spacial score (nSPS) is 19.8. The highest BCUT2D eigenvalue weighted by atomic mass is 32.2. The van der Waals surface area contributed by atoms with Crippen LogP contribution in [0.2, 0.25) is 0 Å². The van der Waals surface area contributed by atoms with Crippen LogP contribution in [-0.2, 0) is 10.0 Å². The maximum absolute atomic E-state index is 12.2. The zero-order valence-corrected chi connectivity index (χ0v) is 12.9. The first-order chi connectivity index (χ1) is 9.62. The smallest absolute Gasteiger partial charge is 0.240 e. The van der Waals surface area contributed by atoms with Crippen LogP contribution in [0.4, 0.5) is 0 Å². The van der Waals surface area contributed by atoms with Crippen molar-refractivity contribution in [1.29, 1.82) is 0 Å². The van der Waals surface area contributed by atoms with E-state index in [0.29, 0.717) is 18.9 Å². The van der Waals surface area contributed by atoms with E-state index in [4.69, 9.17) is 10.5 Å². The molecule has 1 aromatic rings. The monoisotopic (exact) mass is 316 g/mol. The lowest BCUT2D eigenvalue weighted by molar-refractivity contribution is 0.328. The van der Waals surface area contributed by atoms with Gasteiger partial charge >= 0.3 is 0 Å². The Labute approximate surface area is 124 Å². The van der Waals surface area contributed by atoms with Gasteiger partial charge in [-0.3, -0.25) is 0 Å². The van der Waals surface area contributed by atoms with E-state index in [1.807, 2.05) is 0 Å². The van der Waals surface area contributed by atoms with E-state index in [1.165, 1.54) is 0 Å². The molecule has 1 aliphatic rings. The Kier molecular flexibility index (Phi) is 5.71. The molecule has 1 saturated heterocycles. The standard InChI is InChI=1S/C13H20N2O3S2/c14-7-8-18-12-3-5-13(6-4-12)20(16,17)15-11-2-1-9-19-10-11/h3-6,11,15H,1-2,7-10,14H2. The fourth-order valence-corrected chi connectivity index (χ4v) is 4.46. The molecule has 1 heterocycles. The summed E-state index contributed by atoms with van der Waals surface area (Å²) in [4.78, 5) is 0.271. The van der Waals surface area contributed by atoms with Gasteiger partial charge in [0.1, 0.15) is 12.4 Å². The summed E-state index contributed by atoms with van der Waals surface area (Å²) in [5.74, 6) is 2.59. The summed E-state index contributed by atoms with van der Waals surface area (Å²) in [6.45, 7) is 0.852. The Morgan fingerprint density at radius 2 is 2.10 bits per heavy atom. The Bertz CT molecular complexity index is 511. The van der Waals surface area contributed by atoms with E-state index in [0.717, 1.165) is 24.3 Å². The quantitative estimate of drug-likeness (QED) is 0.824. The van der Waals surface area contributed by atoms with Crippen molar-refractivity contribution in [3.05, 3.63) is 24.3 Å². The van der Waals surface area contributed by atoms with Crippen LogP contribution >= 0.6 is 11.8 Å². The summed E-state index contributed by atoms with van der Waals surface area (Å²) >= 11 is 1.79. The highest BCUT2D eigenvalue weighted by Crippen LogP contribution is 2.20. The molecule has 1 atom stereocenters. The minimum Gasteiger partial charge on any atom is -0.492 e. The van der Waals surface area contributed by atoms with Gasteiger partial charge in [-0.15, -0.1) is 0 Å². The van der Waals surface area contributed by atoms with E-state index < -0.39 is 10.0 Å². The predicted molar refractivity (Wildman–Crippen MR) is 81.7 cm³/mol. The molecule has 2 rings (SSSR count). The van der Waals surface area contributed by atoms with Gasteiger partial charge in [-0.05, 0) is 42.9 Å². The average Bonchev–Trinajstić information content (AvgIpc) is 2.46. The predicted octanol–water partition coefficient (Wildman–Crippen LogP) is 1.20. The van der Waals surface area contributed by atoms with Crippen molar-refractivity contribution in [2.24, 2.45) is 5.73 Å². The number of nitrogens with one attached hydrogen (secondary N) is 1. The Hall–Kier alpha value is -0.760. The van der Waals surface area contributed by atoms with Crippen molar-refractivity contribution in [2.45, 2.75) is 23.8 Å². The lowest BCUT2D eigenvalue weighted by Crippen LogP contribution is -2.38. The van der Waals surface area contributed by atoms with Gasteiger partial charge in [-0.25, -0.2) is 13.1 Å². The molecule has 5 nitrogen and oxygen atoms in total. The van der Waals surface area contributed by atoms with Gasteiger partial charge in [0.25, 0.3) is 0 Å². The van der Waals surface area contributed by atoms with Crippen LogP contribution in [0.1, 0.15) is 12.8 Å². The van der Waals surface area contributed by atoms with Crippen LogP contribution in [0.5, 0.6) is 5.75 Å². The van der Waals surface area contributed by atoms with Crippen molar-refractivity contribution in [2.75, 3.05) is 24.7 Å². The number of nitrogens with two attached hydrogens (primary N) is 1. The van der Waals surface area contributed by atoms with E-state index in [2.05, 4.69) is 4.72 Å². The fourth-order valence-electron chi connectivity index (χ4n) is 2.01. The van der Waals surface area contributed by atoms with E-state index in [1.54, 1.807) is 36.0 Å². The van der Waals surface area contributed by atoms with Gasteiger partial charge in [-0.2, -0.15) is 11.8 Å². The molecule has 0 aromatic heterocycles. The third-order valence-corrected chi connectivity index (χ3v) is 5.75. The van der Waals surface area contributed by atoms with E-state index in [-0.39, 0.29) is 10.9 Å². The van der Waals surface area contributed by atoms with Crippen LogP contribution in [-0.4, -0.2) is 39.1 Å². The molecular formula is C13H20N2O3S2. The molecule has 0 radical (unpaired) electrons. The number of sulfonamides is 1. The minimum absolute atomic E-state index is 0.0342. The number of benzene rings is 1. The van der Waals surface area contributed by atoms with Gasteiger partial charge in [0.2, 0.25) is 10.0 Å². The molecular weight excluding hydrogens is 296 g/mol. The molecule has 0 spiro atoms. The highest BCUT2D eigenvalue weighted by molar-refractivity contribution is 7.99. The Morgan fingerprint density at radius 3 is 2.70 bits per heavy atom. The first-order valence-corrected chi connectivity index (χ1v) is 9.28. The van der Waals surface area contributed by atoms with Crippen molar-refractivity contribution in [3.8, 4) is 5.75 Å². The molecule has 0 saturated carbocycles. The summed E-state index contributed by atoms with van der Waals surface area (Å²) < 4.78 is 32.6. The molecule has 1 aliphatic heterocycles. The van der Waals surface area contributed by atoms with Crippen LogP contribution in [0.25, 0.3) is 0 Å². The second-order valence-corrected chi connectivity index (χ2v) is 7.51. The first-order valence-electron chi connectivity index (χ1n) is 6.65. The lowest BCUT2D eigenvalue weighted by atomic mass is 10.2. The van der Waals surface area contributed by atoms with Gasteiger partial charge in [0.15, 0.2) is 0 Å². The van der Waals surface area contributed by atoms with Crippen LogP contribution < -0.4 is 15.2 Å². The Morgan fingerprint density at radius 1 is 1.35 bits per heavy atom. The molecule has 1 aromatic carbocycles. The summed E-state index contributed by atoms with van der Waals surface area (Å²) in [5.41, 5.74) is 5.35. The van der Waals surface area contributed by atoms with Gasteiger partial charge in [0.05, 0.1) is 4.90 Å². The number of ether oxygens (including phenoxy) is 1.